The number of halogens is 1. The summed E-state index contributed by atoms with van der Waals surface area (Å²) >= 11 is 0. The normalized spacial score (nSPS) is 10.6. The van der Waals surface area contributed by atoms with Crippen LogP contribution in [0.25, 0.3) is 0 Å². The molecule has 0 spiro atoms. The molecule has 0 aliphatic rings. The Hall–Kier alpha value is -1.39. The lowest BCUT2D eigenvalue weighted by Gasteiger charge is -2.10. The summed E-state index contributed by atoms with van der Waals surface area (Å²) in [7, 11) is 0. The number of nitrogens with zero attached hydrogens (tertiary/aromatic N) is 2. The summed E-state index contributed by atoms with van der Waals surface area (Å²) in [5.41, 5.74) is 0. The molecule has 1 rings (SSSR count). The number of aromatic nitrogens is 2. The Labute approximate surface area is 102 Å². The molecule has 0 bridgehead atoms. The summed E-state index contributed by atoms with van der Waals surface area (Å²) in [5.74, 6) is 0.931. The first-order valence-corrected chi connectivity index (χ1v) is 6.13. The molecule has 0 saturated heterocycles. The SMILES string of the molecule is CCCNc1ncc(F)c(NCCC(C)C)n1. The van der Waals surface area contributed by atoms with Crippen LogP contribution < -0.4 is 10.6 Å². The number of nitrogens with one attached hydrogen (secondary N) is 2. The zero-order chi connectivity index (χ0) is 12.7. The van der Waals surface area contributed by atoms with Crippen LogP contribution in [0.1, 0.15) is 33.6 Å². The average molecular weight is 240 g/mol. The van der Waals surface area contributed by atoms with Gasteiger partial charge in [0.2, 0.25) is 5.95 Å². The van der Waals surface area contributed by atoms with Crippen molar-refractivity contribution in [3.8, 4) is 0 Å². The first-order chi connectivity index (χ1) is 8.13. The van der Waals surface area contributed by atoms with Crippen molar-refractivity contribution in [1.29, 1.82) is 0 Å². The van der Waals surface area contributed by atoms with E-state index in [1.54, 1.807) is 0 Å². The molecule has 0 fully saturated rings. The van der Waals surface area contributed by atoms with Gasteiger partial charge in [-0.2, -0.15) is 4.98 Å². The summed E-state index contributed by atoms with van der Waals surface area (Å²) in [6, 6.07) is 0. The summed E-state index contributed by atoms with van der Waals surface area (Å²) < 4.78 is 13.4. The van der Waals surface area contributed by atoms with Crippen LogP contribution in [0.5, 0.6) is 0 Å². The van der Waals surface area contributed by atoms with E-state index in [-0.39, 0.29) is 5.82 Å². The molecule has 0 aliphatic heterocycles. The molecule has 0 saturated carbocycles. The van der Waals surface area contributed by atoms with E-state index in [1.807, 2.05) is 0 Å². The van der Waals surface area contributed by atoms with Gasteiger partial charge in [-0.05, 0) is 18.8 Å². The Bertz CT molecular complexity index is 341. The lowest BCUT2D eigenvalue weighted by molar-refractivity contribution is 0.594. The summed E-state index contributed by atoms with van der Waals surface area (Å²) in [6.07, 6.45) is 3.17. The van der Waals surface area contributed by atoms with Gasteiger partial charge in [0.05, 0.1) is 6.20 Å². The predicted octanol–water partition coefficient (Wildman–Crippen LogP) is 2.90. The Balaban J connectivity index is 2.56. The van der Waals surface area contributed by atoms with Gasteiger partial charge in [0.1, 0.15) is 0 Å². The van der Waals surface area contributed by atoms with Crippen LogP contribution in [0, 0.1) is 11.7 Å². The van der Waals surface area contributed by atoms with Crippen LogP contribution in [0.3, 0.4) is 0 Å². The minimum Gasteiger partial charge on any atom is -0.367 e. The van der Waals surface area contributed by atoms with E-state index in [0.717, 1.165) is 25.9 Å². The van der Waals surface area contributed by atoms with E-state index in [1.165, 1.54) is 6.20 Å². The Morgan fingerprint density at radius 3 is 2.71 bits per heavy atom. The highest BCUT2D eigenvalue weighted by molar-refractivity contribution is 5.40. The van der Waals surface area contributed by atoms with E-state index >= 15 is 0 Å². The van der Waals surface area contributed by atoms with Gasteiger partial charge in [-0.25, -0.2) is 9.37 Å². The molecule has 1 aromatic rings. The lowest BCUT2D eigenvalue weighted by Crippen LogP contribution is -2.11. The van der Waals surface area contributed by atoms with E-state index in [0.29, 0.717) is 11.9 Å². The van der Waals surface area contributed by atoms with Crippen molar-refractivity contribution < 1.29 is 4.39 Å². The summed E-state index contributed by atoms with van der Waals surface area (Å²) in [4.78, 5) is 7.98. The van der Waals surface area contributed by atoms with Gasteiger partial charge in [-0.3, -0.25) is 0 Å². The second-order valence-electron chi connectivity index (χ2n) is 4.43. The zero-order valence-corrected chi connectivity index (χ0v) is 10.8. The van der Waals surface area contributed by atoms with Crippen molar-refractivity contribution in [1.82, 2.24) is 9.97 Å². The molecule has 1 aromatic heterocycles. The molecule has 17 heavy (non-hydrogen) atoms. The highest BCUT2D eigenvalue weighted by Gasteiger charge is 2.06. The molecule has 5 heteroatoms. The molecule has 0 aliphatic carbocycles. The van der Waals surface area contributed by atoms with E-state index in [9.17, 15) is 4.39 Å². The fourth-order valence-corrected chi connectivity index (χ4v) is 1.29. The standard InChI is InChI=1S/C12H21FN4/c1-4-6-15-12-16-8-10(13)11(17-12)14-7-5-9(2)3/h8-9H,4-7H2,1-3H3,(H2,14,15,16,17). The fourth-order valence-electron chi connectivity index (χ4n) is 1.29. The Morgan fingerprint density at radius 2 is 2.06 bits per heavy atom. The first-order valence-electron chi connectivity index (χ1n) is 6.13. The van der Waals surface area contributed by atoms with Gasteiger partial charge in [0.15, 0.2) is 11.6 Å². The molecule has 4 nitrogen and oxygen atoms in total. The molecule has 0 unspecified atom stereocenters. The molecule has 1 heterocycles. The first kappa shape index (κ1) is 13.7. The van der Waals surface area contributed by atoms with Crippen molar-refractivity contribution in [2.45, 2.75) is 33.6 Å². The van der Waals surface area contributed by atoms with E-state index in [2.05, 4.69) is 41.4 Å². The van der Waals surface area contributed by atoms with Gasteiger partial charge in [0.25, 0.3) is 0 Å². The topological polar surface area (TPSA) is 49.8 Å². The molecular formula is C12H21FN4. The molecule has 96 valence electrons. The maximum atomic E-state index is 13.4. The van der Waals surface area contributed by atoms with Gasteiger partial charge in [-0.15, -0.1) is 0 Å². The smallest absolute Gasteiger partial charge is 0.224 e. The quantitative estimate of drug-likeness (QED) is 0.769. The monoisotopic (exact) mass is 240 g/mol. The van der Waals surface area contributed by atoms with Crippen LogP contribution >= 0.6 is 0 Å². The van der Waals surface area contributed by atoms with Crippen LogP contribution in [0.15, 0.2) is 6.20 Å². The number of hydrogen-bond donors (Lipinski definition) is 2. The fraction of sp³-hybridized carbons (Fsp3) is 0.667. The Kier molecular flexibility index (Phi) is 5.66. The second kappa shape index (κ2) is 7.04. The molecular weight excluding hydrogens is 219 g/mol. The van der Waals surface area contributed by atoms with Gasteiger partial charge in [-0.1, -0.05) is 20.8 Å². The second-order valence-corrected chi connectivity index (χ2v) is 4.43. The number of rotatable bonds is 7. The van der Waals surface area contributed by atoms with Crippen molar-refractivity contribution in [3.05, 3.63) is 12.0 Å². The van der Waals surface area contributed by atoms with E-state index in [4.69, 9.17) is 0 Å². The van der Waals surface area contributed by atoms with E-state index < -0.39 is 5.82 Å². The molecule has 2 N–H and O–H groups in total. The third-order valence-corrected chi connectivity index (χ3v) is 2.29. The summed E-state index contributed by atoms with van der Waals surface area (Å²) in [6.45, 7) is 7.83. The minimum absolute atomic E-state index is 0.277. The maximum absolute atomic E-state index is 13.4. The zero-order valence-electron chi connectivity index (χ0n) is 10.8. The average Bonchev–Trinajstić information content (AvgIpc) is 2.29. The third-order valence-electron chi connectivity index (χ3n) is 2.29. The van der Waals surface area contributed by atoms with Crippen LogP contribution in [0.2, 0.25) is 0 Å². The van der Waals surface area contributed by atoms with Crippen molar-refractivity contribution in [2.75, 3.05) is 23.7 Å². The third kappa shape index (κ3) is 4.97. The van der Waals surface area contributed by atoms with Crippen LogP contribution in [-0.4, -0.2) is 23.1 Å². The predicted molar refractivity (Wildman–Crippen MR) is 68.7 cm³/mol. The minimum atomic E-state index is -0.407. The summed E-state index contributed by atoms with van der Waals surface area (Å²) in [5, 5.41) is 6.03. The van der Waals surface area contributed by atoms with Crippen molar-refractivity contribution in [3.63, 3.8) is 0 Å². The number of hydrogen-bond acceptors (Lipinski definition) is 4. The molecule has 0 atom stereocenters. The number of anilines is 2. The molecule has 0 aromatic carbocycles. The lowest BCUT2D eigenvalue weighted by atomic mass is 10.1. The maximum Gasteiger partial charge on any atom is 0.224 e. The molecule has 0 radical (unpaired) electrons. The highest BCUT2D eigenvalue weighted by Crippen LogP contribution is 2.12. The largest absolute Gasteiger partial charge is 0.367 e. The highest BCUT2D eigenvalue weighted by atomic mass is 19.1. The van der Waals surface area contributed by atoms with Gasteiger partial charge < -0.3 is 10.6 Å². The Morgan fingerprint density at radius 1 is 1.29 bits per heavy atom. The van der Waals surface area contributed by atoms with Gasteiger partial charge in [0, 0.05) is 13.1 Å². The molecule has 0 amide bonds. The van der Waals surface area contributed by atoms with Crippen molar-refractivity contribution in [2.24, 2.45) is 5.92 Å². The van der Waals surface area contributed by atoms with Crippen LogP contribution in [-0.2, 0) is 0 Å². The van der Waals surface area contributed by atoms with Crippen LogP contribution in [0.4, 0.5) is 16.2 Å². The van der Waals surface area contributed by atoms with Gasteiger partial charge >= 0.3 is 0 Å². The van der Waals surface area contributed by atoms with Crippen molar-refractivity contribution >= 4 is 11.8 Å².